The van der Waals surface area contributed by atoms with Gasteiger partial charge in [0.1, 0.15) is 0 Å². The first-order valence-electron chi connectivity index (χ1n) is 7.50. The fourth-order valence-electron chi connectivity index (χ4n) is 2.43. The number of benzene rings is 2. The molecule has 0 bridgehead atoms. The monoisotopic (exact) mass is 281 g/mol. The van der Waals surface area contributed by atoms with Crippen molar-refractivity contribution in [1.29, 1.82) is 0 Å². The first-order chi connectivity index (χ1) is 10.0. The van der Waals surface area contributed by atoms with E-state index in [9.17, 15) is 4.79 Å². The van der Waals surface area contributed by atoms with Crippen LogP contribution in [0.5, 0.6) is 0 Å². The fraction of sp³-hybridized carbons (Fsp3) is 0.316. The van der Waals surface area contributed by atoms with Crippen molar-refractivity contribution in [3.05, 3.63) is 64.7 Å². The highest BCUT2D eigenvalue weighted by molar-refractivity contribution is 6.05. The van der Waals surface area contributed by atoms with Gasteiger partial charge in [-0.1, -0.05) is 49.7 Å². The van der Waals surface area contributed by atoms with Crippen LogP contribution in [0.4, 0.5) is 5.69 Å². The van der Waals surface area contributed by atoms with Crippen molar-refractivity contribution >= 4 is 11.6 Å². The van der Waals surface area contributed by atoms with E-state index in [0.717, 1.165) is 28.8 Å². The summed E-state index contributed by atoms with van der Waals surface area (Å²) in [5, 5.41) is 3.07. The Balaban J connectivity index is 2.30. The zero-order valence-electron chi connectivity index (χ0n) is 13.2. The lowest BCUT2D eigenvalue weighted by molar-refractivity contribution is 0.102. The van der Waals surface area contributed by atoms with Crippen molar-refractivity contribution in [3.63, 3.8) is 0 Å². The topological polar surface area (TPSA) is 29.1 Å². The predicted molar refractivity (Wildman–Crippen MR) is 89.0 cm³/mol. The van der Waals surface area contributed by atoms with Crippen LogP contribution in [0, 0.1) is 13.8 Å². The van der Waals surface area contributed by atoms with E-state index in [4.69, 9.17) is 0 Å². The van der Waals surface area contributed by atoms with Gasteiger partial charge in [-0.2, -0.15) is 0 Å². The van der Waals surface area contributed by atoms with Crippen LogP contribution in [0.1, 0.15) is 53.2 Å². The van der Waals surface area contributed by atoms with Gasteiger partial charge in [-0.05, 0) is 49.4 Å². The number of aryl methyl sites for hydroxylation is 2. The Labute approximate surface area is 127 Å². The van der Waals surface area contributed by atoms with E-state index < -0.39 is 0 Å². The van der Waals surface area contributed by atoms with Gasteiger partial charge in [0.2, 0.25) is 0 Å². The van der Waals surface area contributed by atoms with Crippen molar-refractivity contribution in [2.75, 3.05) is 5.32 Å². The third-order valence-corrected chi connectivity index (χ3v) is 3.99. The van der Waals surface area contributed by atoms with E-state index in [0.29, 0.717) is 5.92 Å². The maximum atomic E-state index is 12.5. The van der Waals surface area contributed by atoms with Gasteiger partial charge in [-0.15, -0.1) is 0 Å². The highest BCUT2D eigenvalue weighted by atomic mass is 16.1. The number of carbonyl (C=O) groups excluding carboxylic acids is 1. The molecule has 110 valence electrons. The SMILES string of the molecule is CC[C@H](C)c1ccccc1NC(=O)c1cc(C)ccc1C. The van der Waals surface area contributed by atoms with Crippen LogP contribution in [0.2, 0.25) is 0 Å². The standard InChI is InChI=1S/C19H23NO/c1-5-14(3)16-8-6-7-9-18(16)20-19(21)17-12-13(2)10-11-15(17)4/h6-12,14H,5H2,1-4H3,(H,20,21)/t14-/m0/s1. The summed E-state index contributed by atoms with van der Waals surface area (Å²) in [6.45, 7) is 8.31. The minimum Gasteiger partial charge on any atom is -0.322 e. The van der Waals surface area contributed by atoms with E-state index in [1.807, 2.05) is 50.2 Å². The summed E-state index contributed by atoms with van der Waals surface area (Å²) >= 11 is 0. The zero-order chi connectivity index (χ0) is 15.4. The fourth-order valence-corrected chi connectivity index (χ4v) is 2.43. The summed E-state index contributed by atoms with van der Waals surface area (Å²) in [5.41, 5.74) is 4.95. The lowest BCUT2D eigenvalue weighted by atomic mass is 9.96. The van der Waals surface area contributed by atoms with Gasteiger partial charge in [0, 0.05) is 11.3 Å². The molecule has 2 heteroatoms. The Hall–Kier alpha value is -2.09. The van der Waals surface area contributed by atoms with Crippen LogP contribution >= 0.6 is 0 Å². The van der Waals surface area contributed by atoms with Crippen molar-refractivity contribution in [2.45, 2.75) is 40.0 Å². The summed E-state index contributed by atoms with van der Waals surface area (Å²) in [5.74, 6) is 0.395. The number of anilines is 1. The minimum absolute atomic E-state index is 0.0352. The van der Waals surface area contributed by atoms with Gasteiger partial charge in [0.25, 0.3) is 5.91 Å². The number of rotatable bonds is 4. The number of nitrogens with one attached hydrogen (secondary N) is 1. The third kappa shape index (κ3) is 3.52. The number of para-hydroxylation sites is 1. The van der Waals surface area contributed by atoms with E-state index in [1.165, 1.54) is 5.56 Å². The predicted octanol–water partition coefficient (Wildman–Crippen LogP) is 5.07. The molecule has 1 N–H and O–H groups in total. The van der Waals surface area contributed by atoms with Crippen LogP contribution in [0.3, 0.4) is 0 Å². The molecule has 1 atom stereocenters. The molecule has 0 spiro atoms. The largest absolute Gasteiger partial charge is 0.322 e. The summed E-state index contributed by atoms with van der Waals surface area (Å²) in [6, 6.07) is 14.0. The lowest BCUT2D eigenvalue weighted by Gasteiger charge is -2.16. The number of amides is 1. The van der Waals surface area contributed by atoms with Gasteiger partial charge in [-0.25, -0.2) is 0 Å². The van der Waals surface area contributed by atoms with Crippen molar-refractivity contribution in [3.8, 4) is 0 Å². The lowest BCUT2D eigenvalue weighted by Crippen LogP contribution is -2.15. The average Bonchev–Trinajstić information content (AvgIpc) is 2.49. The summed E-state index contributed by atoms with van der Waals surface area (Å²) in [4.78, 5) is 12.5. The normalized spacial score (nSPS) is 12.0. The van der Waals surface area contributed by atoms with E-state index in [2.05, 4.69) is 25.2 Å². The number of carbonyl (C=O) groups is 1. The molecule has 0 aliphatic heterocycles. The molecule has 2 aromatic carbocycles. The maximum absolute atomic E-state index is 12.5. The number of hydrogen-bond donors (Lipinski definition) is 1. The van der Waals surface area contributed by atoms with Crippen LogP contribution in [0.15, 0.2) is 42.5 Å². The van der Waals surface area contributed by atoms with Crippen molar-refractivity contribution in [1.82, 2.24) is 0 Å². The van der Waals surface area contributed by atoms with Crippen molar-refractivity contribution < 1.29 is 4.79 Å². The van der Waals surface area contributed by atoms with Gasteiger partial charge >= 0.3 is 0 Å². The molecule has 0 aliphatic rings. The maximum Gasteiger partial charge on any atom is 0.255 e. The summed E-state index contributed by atoms with van der Waals surface area (Å²) in [7, 11) is 0. The molecule has 1 amide bonds. The average molecular weight is 281 g/mol. The second-order valence-electron chi connectivity index (χ2n) is 5.67. The summed E-state index contributed by atoms with van der Waals surface area (Å²) in [6.07, 6.45) is 1.05. The van der Waals surface area contributed by atoms with Gasteiger partial charge < -0.3 is 5.32 Å². The van der Waals surface area contributed by atoms with Crippen LogP contribution in [0.25, 0.3) is 0 Å². The molecule has 2 rings (SSSR count). The molecule has 2 aromatic rings. The molecule has 0 saturated carbocycles. The second-order valence-corrected chi connectivity index (χ2v) is 5.67. The molecule has 2 nitrogen and oxygen atoms in total. The molecule has 0 saturated heterocycles. The third-order valence-electron chi connectivity index (χ3n) is 3.99. The van der Waals surface area contributed by atoms with Crippen LogP contribution in [-0.2, 0) is 0 Å². The quantitative estimate of drug-likeness (QED) is 0.833. The number of hydrogen-bond acceptors (Lipinski definition) is 1. The first kappa shape index (κ1) is 15.3. The molecule has 0 fully saturated rings. The second kappa shape index (κ2) is 6.57. The summed E-state index contributed by atoms with van der Waals surface area (Å²) < 4.78 is 0. The first-order valence-corrected chi connectivity index (χ1v) is 7.50. The highest BCUT2D eigenvalue weighted by Crippen LogP contribution is 2.27. The van der Waals surface area contributed by atoms with E-state index in [-0.39, 0.29) is 5.91 Å². The Morgan fingerprint density at radius 2 is 1.86 bits per heavy atom. The van der Waals surface area contributed by atoms with E-state index in [1.54, 1.807) is 0 Å². The van der Waals surface area contributed by atoms with Crippen LogP contribution in [-0.4, -0.2) is 5.91 Å². The molecular formula is C19H23NO. The molecular weight excluding hydrogens is 258 g/mol. The van der Waals surface area contributed by atoms with Gasteiger partial charge in [0.15, 0.2) is 0 Å². The molecule has 0 radical (unpaired) electrons. The molecule has 0 aliphatic carbocycles. The Bertz CT molecular complexity index is 646. The van der Waals surface area contributed by atoms with Crippen LogP contribution < -0.4 is 5.32 Å². The molecule has 0 unspecified atom stereocenters. The Kier molecular flexibility index (Phi) is 4.79. The van der Waals surface area contributed by atoms with Gasteiger partial charge in [0.05, 0.1) is 0 Å². The van der Waals surface area contributed by atoms with Gasteiger partial charge in [-0.3, -0.25) is 4.79 Å². The molecule has 0 aromatic heterocycles. The minimum atomic E-state index is -0.0352. The Morgan fingerprint density at radius 1 is 1.14 bits per heavy atom. The molecule has 21 heavy (non-hydrogen) atoms. The zero-order valence-corrected chi connectivity index (χ0v) is 13.2. The highest BCUT2D eigenvalue weighted by Gasteiger charge is 2.13. The van der Waals surface area contributed by atoms with Crippen molar-refractivity contribution in [2.24, 2.45) is 0 Å². The molecule has 0 heterocycles. The smallest absolute Gasteiger partial charge is 0.255 e. The Morgan fingerprint density at radius 3 is 2.57 bits per heavy atom. The van der Waals surface area contributed by atoms with E-state index >= 15 is 0 Å².